The topological polar surface area (TPSA) is 84.2 Å². The minimum Gasteiger partial charge on any atom is -0.346 e. The van der Waals surface area contributed by atoms with Gasteiger partial charge in [-0.2, -0.15) is 26.3 Å². The first-order valence-corrected chi connectivity index (χ1v) is 12.3. The Labute approximate surface area is 237 Å². The Morgan fingerprint density at radius 1 is 1.08 bits per heavy atom. The minimum atomic E-state index is -4.54. The number of nitrogens with one attached hydrogen (secondary N) is 2. The summed E-state index contributed by atoms with van der Waals surface area (Å²) in [6, 6.07) is 6.11. The van der Waals surface area contributed by atoms with E-state index in [1.54, 1.807) is 17.4 Å². The summed E-state index contributed by atoms with van der Waals surface area (Å²) in [6.45, 7) is -1.37. The third kappa shape index (κ3) is 11.1. The van der Waals surface area contributed by atoms with Gasteiger partial charge in [0, 0.05) is 16.6 Å². The van der Waals surface area contributed by atoms with Crippen molar-refractivity contribution in [1.82, 2.24) is 10.6 Å². The predicted molar refractivity (Wildman–Crippen MR) is 140 cm³/mol. The summed E-state index contributed by atoms with van der Waals surface area (Å²) < 4.78 is 75.7. The van der Waals surface area contributed by atoms with Gasteiger partial charge in [-0.1, -0.05) is 69.0 Å². The summed E-state index contributed by atoms with van der Waals surface area (Å²) in [5.41, 5.74) is 5.90. The normalized spacial score (nSPS) is 13.5. The number of hydrogen-bond acceptors (Lipinski definition) is 4. The third-order valence-electron chi connectivity index (χ3n) is 4.71. The lowest BCUT2D eigenvalue weighted by Gasteiger charge is -2.18. The number of likely N-dealkylation sites (N-methyl/N-ethyl adjacent to an activating group) is 1. The van der Waals surface area contributed by atoms with E-state index in [2.05, 4.69) is 21.2 Å². The molecule has 5 nitrogen and oxygen atoms in total. The Morgan fingerprint density at radius 3 is 2.08 bits per heavy atom. The molecule has 0 aliphatic heterocycles. The first-order valence-electron chi connectivity index (χ1n) is 10.4. The smallest absolute Gasteiger partial charge is 0.346 e. The lowest BCUT2D eigenvalue weighted by Crippen LogP contribution is -2.49. The molecule has 0 saturated carbocycles. The maximum absolute atomic E-state index is 13.4. The van der Waals surface area contributed by atoms with Crippen molar-refractivity contribution in [1.29, 1.82) is 0 Å². The van der Waals surface area contributed by atoms with E-state index < -0.39 is 36.8 Å². The lowest BCUT2D eigenvalue weighted by molar-refractivity contribution is -0.139. The molecule has 1 amide bonds. The summed E-state index contributed by atoms with van der Waals surface area (Å²) >= 11 is 20.7. The van der Waals surface area contributed by atoms with Crippen molar-refractivity contribution in [3.63, 3.8) is 0 Å². The van der Waals surface area contributed by atoms with Crippen molar-refractivity contribution in [3.8, 4) is 0 Å². The second-order valence-corrected chi connectivity index (χ2v) is 9.53. The Hall–Kier alpha value is -1.83. The Kier molecular flexibility index (Phi) is 13.6. The van der Waals surface area contributed by atoms with Gasteiger partial charge in [-0.25, -0.2) is 0 Å². The number of alkyl halides is 6. The van der Waals surface area contributed by atoms with Gasteiger partial charge in [-0.05, 0) is 42.4 Å². The van der Waals surface area contributed by atoms with E-state index in [1.165, 1.54) is 19.2 Å². The van der Waals surface area contributed by atoms with Crippen LogP contribution in [0.15, 0.2) is 40.9 Å². The molecule has 38 heavy (non-hydrogen) atoms. The second kappa shape index (κ2) is 15.1. The predicted octanol–water partition coefficient (Wildman–Crippen LogP) is 6.79. The fourth-order valence-electron chi connectivity index (χ4n) is 2.78. The van der Waals surface area contributed by atoms with Crippen molar-refractivity contribution in [3.05, 3.63) is 72.6 Å². The highest BCUT2D eigenvalue weighted by molar-refractivity contribution is 9.10. The maximum Gasteiger partial charge on any atom is 0.405 e. The van der Waals surface area contributed by atoms with Crippen molar-refractivity contribution < 1.29 is 35.9 Å². The van der Waals surface area contributed by atoms with E-state index in [0.717, 1.165) is 18.2 Å². The molecule has 0 heterocycles. The molecule has 2 atom stereocenters. The molecule has 0 aromatic heterocycles. The average molecular weight is 672 g/mol. The highest BCUT2D eigenvalue weighted by Crippen LogP contribution is 2.41. The fraction of sp³-hybridized carbons (Fsp3) is 0.304. The number of allylic oxidation sites excluding steroid dienone is 1. The summed E-state index contributed by atoms with van der Waals surface area (Å²) in [5.74, 6) is -2.66. The first-order chi connectivity index (χ1) is 17.5. The van der Waals surface area contributed by atoms with Gasteiger partial charge in [-0.3, -0.25) is 9.59 Å². The Bertz CT molecular complexity index is 1120. The number of benzene rings is 2. The number of carbonyl (C=O) groups is 2. The number of nitrogens with two attached hydrogens (primary N) is 1. The highest BCUT2D eigenvalue weighted by atomic mass is 79.9. The van der Waals surface area contributed by atoms with Gasteiger partial charge >= 0.3 is 12.4 Å². The van der Waals surface area contributed by atoms with Crippen LogP contribution in [0.5, 0.6) is 0 Å². The van der Waals surface area contributed by atoms with Crippen molar-refractivity contribution in [2.45, 2.75) is 24.3 Å². The molecule has 0 aliphatic rings. The Morgan fingerprint density at radius 2 is 1.66 bits per heavy atom. The molecule has 0 aliphatic carbocycles. The van der Waals surface area contributed by atoms with E-state index >= 15 is 0 Å². The van der Waals surface area contributed by atoms with Gasteiger partial charge in [0.2, 0.25) is 5.91 Å². The van der Waals surface area contributed by atoms with E-state index in [0.29, 0.717) is 21.9 Å². The molecular weight excluding hydrogens is 651 g/mol. The van der Waals surface area contributed by atoms with Gasteiger partial charge in [0.15, 0.2) is 6.29 Å². The first kappa shape index (κ1) is 34.2. The summed E-state index contributed by atoms with van der Waals surface area (Å²) in [4.78, 5) is 21.7. The van der Waals surface area contributed by atoms with Crippen molar-refractivity contribution >= 4 is 69.0 Å². The van der Waals surface area contributed by atoms with Crippen LogP contribution in [0, 0.1) is 0 Å². The molecule has 0 spiro atoms. The summed E-state index contributed by atoms with van der Waals surface area (Å²) in [6.07, 6.45) is -5.97. The van der Waals surface area contributed by atoms with Crippen LogP contribution in [0.1, 0.15) is 27.4 Å². The molecule has 15 heteroatoms. The van der Waals surface area contributed by atoms with E-state index in [1.807, 2.05) is 0 Å². The Balaban J connectivity index is 0.000000471. The van der Waals surface area contributed by atoms with Gasteiger partial charge in [0.1, 0.15) is 6.54 Å². The van der Waals surface area contributed by atoms with Gasteiger partial charge in [0.05, 0.1) is 27.0 Å². The van der Waals surface area contributed by atoms with Crippen LogP contribution in [0.2, 0.25) is 15.1 Å². The van der Waals surface area contributed by atoms with Crippen molar-refractivity contribution in [2.75, 3.05) is 20.1 Å². The zero-order valence-electron chi connectivity index (χ0n) is 19.4. The number of carbonyl (C=O) groups excluding carboxylic acids is 2. The van der Waals surface area contributed by atoms with E-state index in [9.17, 15) is 35.9 Å². The molecule has 4 N–H and O–H groups in total. The van der Waals surface area contributed by atoms with Gasteiger partial charge < -0.3 is 16.4 Å². The van der Waals surface area contributed by atoms with Crippen molar-refractivity contribution in [2.24, 2.45) is 5.73 Å². The number of rotatable bonds is 8. The average Bonchev–Trinajstić information content (AvgIpc) is 2.81. The van der Waals surface area contributed by atoms with Crippen LogP contribution in [-0.4, -0.2) is 50.7 Å². The minimum absolute atomic E-state index is 0.00497. The molecule has 2 rings (SSSR count). The molecule has 2 unspecified atom stereocenters. The molecule has 2 aromatic rings. The number of hydrogen-bond donors (Lipinski definition) is 3. The molecule has 0 radical (unpaired) electrons. The largest absolute Gasteiger partial charge is 0.405 e. The van der Waals surface area contributed by atoms with Crippen LogP contribution >= 0.6 is 50.7 Å². The van der Waals surface area contributed by atoms with Gasteiger partial charge in [0.25, 0.3) is 0 Å². The molecule has 2 aromatic carbocycles. The summed E-state index contributed by atoms with van der Waals surface area (Å²) in [7, 11) is 1.45. The standard InChI is InChI=1S/C17H9BrCl3F3O.C6H12F3N3O/c18-13-5-9(1-3-10(13)8-25)2-4-12(17(22,23)24)11-6-14(19)16(21)15(20)7-11;1-11-4(2-10)5(13)12-3-6(7,8)9/h1-8,12H;4,11H,2-3,10H2,1H3,(H,12,13)/b4-2+;. The van der Waals surface area contributed by atoms with Crippen LogP contribution < -0.4 is 16.4 Å². The molecule has 0 saturated heterocycles. The van der Waals surface area contributed by atoms with E-state index in [4.69, 9.17) is 40.5 Å². The molecule has 210 valence electrons. The fourth-order valence-corrected chi connectivity index (χ4v) is 3.88. The third-order valence-corrected chi connectivity index (χ3v) is 6.60. The second-order valence-electron chi connectivity index (χ2n) is 7.49. The maximum atomic E-state index is 13.4. The molecule has 0 fully saturated rings. The van der Waals surface area contributed by atoms with Crippen LogP contribution in [0.4, 0.5) is 26.3 Å². The van der Waals surface area contributed by atoms with Crippen LogP contribution in [0.25, 0.3) is 6.08 Å². The quantitative estimate of drug-likeness (QED) is 0.164. The van der Waals surface area contributed by atoms with E-state index in [-0.39, 0.29) is 27.2 Å². The zero-order valence-corrected chi connectivity index (χ0v) is 23.2. The molecule has 0 bridgehead atoms. The number of amides is 1. The monoisotopic (exact) mass is 669 g/mol. The zero-order chi connectivity index (χ0) is 29.3. The lowest BCUT2D eigenvalue weighted by atomic mass is 9.97. The molecular formula is C23H21BrCl3F6N3O2. The summed E-state index contributed by atoms with van der Waals surface area (Å²) in [5, 5.41) is 4.10. The highest BCUT2D eigenvalue weighted by Gasteiger charge is 2.39. The van der Waals surface area contributed by atoms with Crippen LogP contribution in [-0.2, 0) is 4.79 Å². The number of halogens is 10. The number of aldehydes is 1. The van der Waals surface area contributed by atoms with Crippen LogP contribution in [0.3, 0.4) is 0 Å². The van der Waals surface area contributed by atoms with Gasteiger partial charge in [-0.15, -0.1) is 0 Å². The SMILES string of the molecule is CNC(CN)C(=O)NCC(F)(F)F.O=Cc1ccc(/C=C/C(c2cc(Cl)c(Cl)c(Cl)c2)C(F)(F)F)cc1Br.